The minimum atomic E-state index is -3.61. The van der Waals surface area contributed by atoms with Crippen molar-refractivity contribution in [2.45, 2.75) is 11.8 Å². The molecule has 0 saturated heterocycles. The van der Waals surface area contributed by atoms with Crippen molar-refractivity contribution in [1.29, 1.82) is 0 Å². The molecule has 1 aromatic carbocycles. The summed E-state index contributed by atoms with van der Waals surface area (Å²) in [7, 11) is -3.61. The Morgan fingerprint density at radius 3 is 2.50 bits per heavy atom. The van der Waals surface area contributed by atoms with Crippen molar-refractivity contribution >= 4 is 21.7 Å². The zero-order valence-electron chi connectivity index (χ0n) is 10.8. The lowest BCUT2D eigenvalue weighted by Gasteiger charge is -2.07. The SMILES string of the molecule is CCOC(=O)c1ccc(NS(=O)(=O)c2cc[nH]c2)cc1. The predicted octanol–water partition coefficient (Wildman–Crippen LogP) is 1.99. The number of carbonyl (C=O) groups is 1. The molecule has 0 bridgehead atoms. The van der Waals surface area contributed by atoms with Gasteiger partial charge >= 0.3 is 5.97 Å². The Balaban J connectivity index is 2.14. The highest BCUT2D eigenvalue weighted by molar-refractivity contribution is 7.92. The molecule has 1 aromatic heterocycles. The first-order chi connectivity index (χ1) is 9.53. The molecule has 106 valence electrons. The maximum absolute atomic E-state index is 12.0. The maximum Gasteiger partial charge on any atom is 0.338 e. The lowest BCUT2D eigenvalue weighted by molar-refractivity contribution is 0.0526. The Morgan fingerprint density at radius 2 is 1.95 bits per heavy atom. The van der Waals surface area contributed by atoms with Gasteiger partial charge in [0.15, 0.2) is 0 Å². The van der Waals surface area contributed by atoms with E-state index in [1.807, 2.05) is 0 Å². The number of hydrogen-bond donors (Lipinski definition) is 2. The number of nitrogens with one attached hydrogen (secondary N) is 2. The van der Waals surface area contributed by atoms with Gasteiger partial charge in [-0.2, -0.15) is 0 Å². The van der Waals surface area contributed by atoms with E-state index in [2.05, 4.69) is 9.71 Å². The predicted molar refractivity (Wildman–Crippen MR) is 74.0 cm³/mol. The van der Waals surface area contributed by atoms with Gasteiger partial charge in [-0.05, 0) is 37.3 Å². The van der Waals surface area contributed by atoms with Crippen LogP contribution >= 0.6 is 0 Å². The van der Waals surface area contributed by atoms with E-state index < -0.39 is 16.0 Å². The summed E-state index contributed by atoms with van der Waals surface area (Å²) in [6.45, 7) is 2.01. The van der Waals surface area contributed by atoms with Crippen LogP contribution in [0.15, 0.2) is 47.6 Å². The van der Waals surface area contributed by atoms with E-state index >= 15 is 0 Å². The number of carbonyl (C=O) groups excluding carboxylic acids is 1. The molecule has 20 heavy (non-hydrogen) atoms. The Kier molecular flexibility index (Phi) is 4.09. The summed E-state index contributed by atoms with van der Waals surface area (Å²) < 4.78 is 31.2. The highest BCUT2D eigenvalue weighted by atomic mass is 32.2. The number of esters is 1. The largest absolute Gasteiger partial charge is 0.462 e. The fraction of sp³-hybridized carbons (Fsp3) is 0.154. The molecule has 2 aromatic rings. The molecule has 0 saturated carbocycles. The van der Waals surface area contributed by atoms with Gasteiger partial charge < -0.3 is 9.72 Å². The molecule has 2 rings (SSSR count). The van der Waals surface area contributed by atoms with Crippen molar-refractivity contribution in [2.75, 3.05) is 11.3 Å². The Morgan fingerprint density at radius 1 is 1.25 bits per heavy atom. The minimum absolute atomic E-state index is 0.145. The van der Waals surface area contributed by atoms with Gasteiger partial charge in [0.1, 0.15) is 4.90 Å². The average Bonchev–Trinajstić information content (AvgIpc) is 2.94. The first kappa shape index (κ1) is 14.1. The highest BCUT2D eigenvalue weighted by Gasteiger charge is 2.14. The molecule has 0 aliphatic rings. The summed E-state index contributed by atoms with van der Waals surface area (Å²) in [6, 6.07) is 7.49. The number of sulfonamides is 1. The number of ether oxygens (including phenoxy) is 1. The fourth-order valence-electron chi connectivity index (χ4n) is 1.58. The van der Waals surface area contributed by atoms with Crippen LogP contribution in [0.3, 0.4) is 0 Å². The van der Waals surface area contributed by atoms with Crippen LogP contribution < -0.4 is 4.72 Å². The molecule has 7 heteroatoms. The van der Waals surface area contributed by atoms with Crippen LogP contribution in [0.5, 0.6) is 0 Å². The number of benzene rings is 1. The molecule has 0 aliphatic carbocycles. The third-order valence-electron chi connectivity index (χ3n) is 2.53. The van der Waals surface area contributed by atoms with Gasteiger partial charge in [-0.25, -0.2) is 13.2 Å². The standard InChI is InChI=1S/C13H14N2O4S/c1-2-19-13(16)10-3-5-11(6-4-10)15-20(17,18)12-7-8-14-9-12/h3-9,14-15H,2H2,1H3. The number of H-pyrrole nitrogens is 1. The molecule has 2 N–H and O–H groups in total. The van der Waals surface area contributed by atoms with Gasteiger partial charge in [0.05, 0.1) is 12.2 Å². The number of anilines is 1. The van der Waals surface area contributed by atoms with Gasteiger partial charge in [-0.15, -0.1) is 0 Å². The first-order valence-electron chi connectivity index (χ1n) is 5.96. The van der Waals surface area contributed by atoms with E-state index in [0.29, 0.717) is 17.9 Å². The first-order valence-corrected chi connectivity index (χ1v) is 7.44. The quantitative estimate of drug-likeness (QED) is 0.825. The van der Waals surface area contributed by atoms with Crippen molar-refractivity contribution in [3.05, 3.63) is 48.3 Å². The number of aromatic amines is 1. The van der Waals surface area contributed by atoms with Gasteiger partial charge in [0.25, 0.3) is 10.0 Å². The second-order valence-electron chi connectivity index (χ2n) is 3.95. The van der Waals surface area contributed by atoms with Crippen molar-refractivity contribution in [3.8, 4) is 0 Å². The lowest BCUT2D eigenvalue weighted by Crippen LogP contribution is -2.12. The molecule has 1 heterocycles. The van der Waals surface area contributed by atoms with Crippen LogP contribution in [0.2, 0.25) is 0 Å². The summed E-state index contributed by atoms with van der Waals surface area (Å²) in [5.41, 5.74) is 0.746. The zero-order valence-corrected chi connectivity index (χ0v) is 11.6. The van der Waals surface area contributed by atoms with E-state index in [-0.39, 0.29) is 4.90 Å². The number of rotatable bonds is 5. The van der Waals surface area contributed by atoms with E-state index in [1.54, 1.807) is 6.92 Å². The van der Waals surface area contributed by atoms with Gasteiger partial charge in [0, 0.05) is 18.1 Å². The smallest absolute Gasteiger partial charge is 0.338 e. The molecule has 0 aliphatic heterocycles. The van der Waals surface area contributed by atoms with Crippen LogP contribution in [0.4, 0.5) is 5.69 Å². The summed E-state index contributed by atoms with van der Waals surface area (Å²) in [4.78, 5) is 14.3. The normalized spacial score (nSPS) is 11.1. The van der Waals surface area contributed by atoms with E-state index in [0.717, 1.165) is 0 Å². The van der Waals surface area contributed by atoms with Crippen molar-refractivity contribution in [3.63, 3.8) is 0 Å². The highest BCUT2D eigenvalue weighted by Crippen LogP contribution is 2.16. The van der Waals surface area contributed by atoms with Crippen LogP contribution in [-0.4, -0.2) is 26.0 Å². The molecular formula is C13H14N2O4S. The summed E-state index contributed by atoms with van der Waals surface area (Å²) in [5.74, 6) is -0.437. The Bertz CT molecular complexity index is 676. The lowest BCUT2D eigenvalue weighted by atomic mass is 10.2. The van der Waals surface area contributed by atoms with Gasteiger partial charge in [0.2, 0.25) is 0 Å². The second kappa shape index (κ2) is 5.79. The monoisotopic (exact) mass is 294 g/mol. The topological polar surface area (TPSA) is 88.3 Å². The van der Waals surface area contributed by atoms with E-state index in [4.69, 9.17) is 4.74 Å². The molecule has 0 fully saturated rings. The van der Waals surface area contributed by atoms with E-state index in [1.165, 1.54) is 42.7 Å². The molecule has 0 amide bonds. The van der Waals surface area contributed by atoms with Crippen LogP contribution in [0.1, 0.15) is 17.3 Å². The number of hydrogen-bond acceptors (Lipinski definition) is 4. The molecule has 0 atom stereocenters. The van der Waals surface area contributed by atoms with Crippen LogP contribution in [0.25, 0.3) is 0 Å². The second-order valence-corrected chi connectivity index (χ2v) is 5.63. The van der Waals surface area contributed by atoms with Crippen LogP contribution in [0, 0.1) is 0 Å². The fourth-order valence-corrected chi connectivity index (χ4v) is 2.61. The molecule has 0 spiro atoms. The Hall–Kier alpha value is -2.28. The maximum atomic E-state index is 12.0. The van der Waals surface area contributed by atoms with Crippen molar-refractivity contribution < 1.29 is 17.9 Å². The molecular weight excluding hydrogens is 280 g/mol. The summed E-state index contributed by atoms with van der Waals surface area (Å²) in [6.07, 6.45) is 2.91. The minimum Gasteiger partial charge on any atom is -0.462 e. The summed E-state index contributed by atoms with van der Waals surface area (Å²) >= 11 is 0. The van der Waals surface area contributed by atoms with Crippen molar-refractivity contribution in [1.82, 2.24) is 4.98 Å². The van der Waals surface area contributed by atoms with E-state index in [9.17, 15) is 13.2 Å². The third-order valence-corrected chi connectivity index (χ3v) is 3.91. The van der Waals surface area contributed by atoms with Gasteiger partial charge in [-0.3, -0.25) is 4.72 Å². The van der Waals surface area contributed by atoms with Gasteiger partial charge in [-0.1, -0.05) is 0 Å². The summed E-state index contributed by atoms with van der Waals surface area (Å²) in [5, 5.41) is 0. The molecule has 0 unspecified atom stereocenters. The molecule has 0 radical (unpaired) electrons. The Labute approximate surface area is 116 Å². The number of aromatic nitrogens is 1. The average molecular weight is 294 g/mol. The van der Waals surface area contributed by atoms with Crippen molar-refractivity contribution in [2.24, 2.45) is 0 Å². The third kappa shape index (κ3) is 3.18. The van der Waals surface area contributed by atoms with Crippen LogP contribution in [-0.2, 0) is 14.8 Å². The molecule has 6 nitrogen and oxygen atoms in total. The zero-order chi connectivity index (χ0) is 14.6.